The second kappa shape index (κ2) is 8.11. The van der Waals surface area contributed by atoms with E-state index in [2.05, 4.69) is 5.32 Å². The minimum absolute atomic E-state index is 0.0552. The maximum absolute atomic E-state index is 12.8. The number of aliphatic hydroxyl groups excluding tert-OH is 1. The number of carbonyl (C=O) groups is 2. The van der Waals surface area contributed by atoms with E-state index in [4.69, 9.17) is 14.9 Å². The molecular formula is C13H16FNO5. The van der Waals surface area contributed by atoms with Gasteiger partial charge in [0.1, 0.15) is 11.6 Å². The summed E-state index contributed by atoms with van der Waals surface area (Å²) < 4.78 is 18.0. The Bertz CT molecular complexity index is 466. The first kappa shape index (κ1) is 15.9. The molecule has 0 heterocycles. The first-order chi connectivity index (χ1) is 9.49. The van der Waals surface area contributed by atoms with Crippen molar-refractivity contribution in [3.8, 4) is 5.75 Å². The lowest BCUT2D eigenvalue weighted by Crippen LogP contribution is -2.30. The summed E-state index contributed by atoms with van der Waals surface area (Å²) in [6, 6.07) is 5.57. The van der Waals surface area contributed by atoms with Gasteiger partial charge in [-0.3, -0.25) is 4.79 Å². The highest BCUT2D eigenvalue weighted by Crippen LogP contribution is 2.11. The average molecular weight is 285 g/mol. The van der Waals surface area contributed by atoms with Crippen LogP contribution >= 0.6 is 0 Å². The van der Waals surface area contributed by atoms with Gasteiger partial charge in [0, 0.05) is 19.0 Å². The fourth-order valence-corrected chi connectivity index (χ4v) is 1.38. The van der Waals surface area contributed by atoms with Crippen LogP contribution in [0.2, 0.25) is 0 Å². The topological polar surface area (TPSA) is 95.9 Å². The molecule has 0 aromatic heterocycles. The third-order valence-electron chi connectivity index (χ3n) is 2.42. The van der Waals surface area contributed by atoms with E-state index < -0.39 is 17.9 Å². The molecule has 0 aliphatic rings. The van der Waals surface area contributed by atoms with E-state index in [1.54, 1.807) is 6.07 Å². The zero-order valence-electron chi connectivity index (χ0n) is 10.7. The van der Waals surface area contributed by atoms with E-state index in [1.807, 2.05) is 0 Å². The fourth-order valence-electron chi connectivity index (χ4n) is 1.38. The van der Waals surface area contributed by atoms with Gasteiger partial charge >= 0.3 is 5.97 Å². The SMILES string of the molecule is O=C(CCOc1cccc(F)c1)NCC[C@H](O)C(=O)O. The van der Waals surface area contributed by atoms with Gasteiger partial charge in [-0.15, -0.1) is 0 Å². The molecule has 0 fully saturated rings. The van der Waals surface area contributed by atoms with E-state index in [9.17, 15) is 14.0 Å². The Morgan fingerprint density at radius 3 is 2.80 bits per heavy atom. The molecule has 1 amide bonds. The molecule has 0 aliphatic heterocycles. The van der Waals surface area contributed by atoms with Crippen LogP contribution in [0.25, 0.3) is 0 Å². The second-order valence-corrected chi connectivity index (χ2v) is 4.05. The smallest absolute Gasteiger partial charge is 0.332 e. The monoisotopic (exact) mass is 285 g/mol. The largest absolute Gasteiger partial charge is 0.493 e. The molecule has 0 bridgehead atoms. The van der Waals surface area contributed by atoms with E-state index in [1.165, 1.54) is 18.2 Å². The van der Waals surface area contributed by atoms with E-state index in [0.717, 1.165) is 0 Å². The molecule has 0 radical (unpaired) electrons. The number of hydrogen-bond donors (Lipinski definition) is 3. The average Bonchev–Trinajstić information content (AvgIpc) is 2.38. The number of carboxylic acid groups (broad SMARTS) is 1. The van der Waals surface area contributed by atoms with Crippen LogP contribution in [0.5, 0.6) is 5.75 Å². The van der Waals surface area contributed by atoms with Gasteiger partial charge in [-0.1, -0.05) is 6.07 Å². The lowest BCUT2D eigenvalue weighted by Gasteiger charge is -2.08. The van der Waals surface area contributed by atoms with Gasteiger partial charge in [0.2, 0.25) is 5.91 Å². The number of aliphatic carboxylic acids is 1. The Hall–Kier alpha value is -2.15. The molecule has 7 heteroatoms. The Balaban J connectivity index is 2.16. The van der Waals surface area contributed by atoms with Crippen molar-refractivity contribution < 1.29 is 28.9 Å². The molecule has 0 saturated carbocycles. The van der Waals surface area contributed by atoms with Crippen molar-refractivity contribution in [3.05, 3.63) is 30.1 Å². The summed E-state index contributed by atoms with van der Waals surface area (Å²) in [6.45, 7) is 0.142. The van der Waals surface area contributed by atoms with Crippen molar-refractivity contribution in [1.82, 2.24) is 5.32 Å². The summed E-state index contributed by atoms with van der Waals surface area (Å²) in [4.78, 5) is 21.7. The maximum atomic E-state index is 12.8. The van der Waals surface area contributed by atoms with E-state index in [0.29, 0.717) is 5.75 Å². The third-order valence-corrected chi connectivity index (χ3v) is 2.42. The number of ether oxygens (including phenoxy) is 1. The zero-order valence-corrected chi connectivity index (χ0v) is 10.7. The number of hydrogen-bond acceptors (Lipinski definition) is 4. The molecule has 20 heavy (non-hydrogen) atoms. The fraction of sp³-hybridized carbons (Fsp3) is 0.385. The van der Waals surface area contributed by atoms with Crippen molar-refractivity contribution >= 4 is 11.9 Å². The molecule has 6 nitrogen and oxygen atoms in total. The van der Waals surface area contributed by atoms with Crippen molar-refractivity contribution in [1.29, 1.82) is 0 Å². The van der Waals surface area contributed by atoms with E-state index >= 15 is 0 Å². The third kappa shape index (κ3) is 6.14. The number of amides is 1. The maximum Gasteiger partial charge on any atom is 0.332 e. The highest BCUT2D eigenvalue weighted by atomic mass is 19.1. The van der Waals surface area contributed by atoms with Gasteiger partial charge < -0.3 is 20.3 Å². The van der Waals surface area contributed by atoms with Crippen LogP contribution in [-0.2, 0) is 9.59 Å². The first-order valence-corrected chi connectivity index (χ1v) is 6.05. The number of halogens is 1. The molecule has 1 aromatic rings. The summed E-state index contributed by atoms with van der Waals surface area (Å²) in [7, 11) is 0. The summed E-state index contributed by atoms with van der Waals surface area (Å²) in [5, 5.41) is 19.9. The minimum atomic E-state index is -1.49. The summed E-state index contributed by atoms with van der Waals surface area (Å²) in [5.74, 6) is -1.75. The van der Waals surface area contributed by atoms with Crippen LogP contribution in [0.3, 0.4) is 0 Å². The molecule has 110 valence electrons. The highest BCUT2D eigenvalue weighted by Gasteiger charge is 2.12. The molecule has 1 atom stereocenters. The van der Waals surface area contributed by atoms with E-state index in [-0.39, 0.29) is 31.9 Å². The quantitative estimate of drug-likeness (QED) is 0.648. The number of carbonyl (C=O) groups excluding carboxylic acids is 1. The molecule has 0 spiro atoms. The Morgan fingerprint density at radius 2 is 2.15 bits per heavy atom. The van der Waals surface area contributed by atoms with Crippen LogP contribution in [0.1, 0.15) is 12.8 Å². The summed E-state index contributed by atoms with van der Waals surface area (Å²) in [5.41, 5.74) is 0. The lowest BCUT2D eigenvalue weighted by molar-refractivity contribution is -0.147. The normalized spacial score (nSPS) is 11.7. The predicted octanol–water partition coefficient (Wildman–Crippen LogP) is 0.546. The van der Waals surface area contributed by atoms with Crippen molar-refractivity contribution in [2.75, 3.05) is 13.2 Å². The van der Waals surface area contributed by atoms with Gasteiger partial charge in [-0.2, -0.15) is 0 Å². The number of rotatable bonds is 8. The molecule has 0 aliphatic carbocycles. The second-order valence-electron chi connectivity index (χ2n) is 4.05. The Morgan fingerprint density at radius 1 is 1.40 bits per heavy atom. The summed E-state index contributed by atoms with van der Waals surface area (Å²) >= 11 is 0. The van der Waals surface area contributed by atoms with Crippen LogP contribution < -0.4 is 10.1 Å². The molecule has 1 aromatic carbocycles. The van der Waals surface area contributed by atoms with Crippen molar-refractivity contribution in [3.63, 3.8) is 0 Å². The van der Waals surface area contributed by atoms with Gasteiger partial charge in [0.25, 0.3) is 0 Å². The Labute approximate surface area is 115 Å². The lowest BCUT2D eigenvalue weighted by atomic mass is 10.2. The molecule has 0 unspecified atom stereocenters. The number of benzene rings is 1. The number of nitrogens with one attached hydrogen (secondary N) is 1. The van der Waals surface area contributed by atoms with Crippen LogP contribution in [0, 0.1) is 5.82 Å². The molecule has 0 saturated heterocycles. The zero-order chi connectivity index (χ0) is 15.0. The highest BCUT2D eigenvalue weighted by molar-refractivity contribution is 5.76. The number of aliphatic hydroxyl groups is 1. The standard InChI is InChI=1S/C13H16FNO5/c14-9-2-1-3-10(8-9)20-7-5-12(17)15-6-4-11(16)13(18)19/h1-3,8,11,16H,4-7H2,(H,15,17)(H,18,19)/t11-/m0/s1. The Kier molecular flexibility index (Phi) is 6.45. The van der Waals surface area contributed by atoms with Gasteiger partial charge in [-0.05, 0) is 12.1 Å². The molecular weight excluding hydrogens is 269 g/mol. The van der Waals surface area contributed by atoms with Crippen molar-refractivity contribution in [2.45, 2.75) is 18.9 Å². The molecule has 3 N–H and O–H groups in total. The van der Waals surface area contributed by atoms with Crippen LogP contribution in [0.4, 0.5) is 4.39 Å². The van der Waals surface area contributed by atoms with Crippen LogP contribution in [-0.4, -0.2) is 41.3 Å². The molecule has 1 rings (SSSR count). The predicted molar refractivity (Wildman–Crippen MR) is 67.8 cm³/mol. The number of carboxylic acids is 1. The minimum Gasteiger partial charge on any atom is -0.493 e. The van der Waals surface area contributed by atoms with Crippen molar-refractivity contribution in [2.24, 2.45) is 0 Å². The van der Waals surface area contributed by atoms with Gasteiger partial charge in [0.15, 0.2) is 6.10 Å². The van der Waals surface area contributed by atoms with Crippen LogP contribution in [0.15, 0.2) is 24.3 Å². The van der Waals surface area contributed by atoms with Gasteiger partial charge in [-0.25, -0.2) is 9.18 Å². The summed E-state index contributed by atoms with van der Waals surface area (Å²) in [6.07, 6.45) is -1.50. The first-order valence-electron chi connectivity index (χ1n) is 6.05. The van der Waals surface area contributed by atoms with Gasteiger partial charge in [0.05, 0.1) is 13.0 Å².